The average molecular weight is 297 g/mol. The van der Waals surface area contributed by atoms with Crippen molar-refractivity contribution in [3.8, 4) is 0 Å². The van der Waals surface area contributed by atoms with Crippen LogP contribution in [0.1, 0.15) is 32.6 Å². The minimum Gasteiger partial charge on any atom is -0.362 e. The van der Waals surface area contributed by atoms with Gasteiger partial charge < -0.3 is 15.0 Å². The molecule has 2 aliphatic heterocycles. The van der Waals surface area contributed by atoms with Gasteiger partial charge in [-0.15, -0.1) is 0 Å². The zero-order chi connectivity index (χ0) is 15.3. The SMILES string of the molecule is CNC(=O)C1(C)CN(C(=O)CN2CCCCCC2)CCO1. The number of amides is 2. The third-order valence-electron chi connectivity index (χ3n) is 4.39. The monoisotopic (exact) mass is 297 g/mol. The molecule has 0 aromatic heterocycles. The molecule has 0 saturated carbocycles. The van der Waals surface area contributed by atoms with Crippen LogP contribution in [0.25, 0.3) is 0 Å². The Morgan fingerprint density at radius 2 is 1.81 bits per heavy atom. The van der Waals surface area contributed by atoms with Crippen LogP contribution in [-0.4, -0.2) is 73.6 Å². The molecule has 6 nitrogen and oxygen atoms in total. The van der Waals surface area contributed by atoms with Gasteiger partial charge in [0.2, 0.25) is 5.91 Å². The van der Waals surface area contributed by atoms with Crippen molar-refractivity contribution in [1.29, 1.82) is 0 Å². The lowest BCUT2D eigenvalue weighted by Crippen LogP contribution is -2.59. The van der Waals surface area contributed by atoms with Gasteiger partial charge in [-0.1, -0.05) is 12.8 Å². The molecule has 2 fully saturated rings. The van der Waals surface area contributed by atoms with Crippen molar-refractivity contribution in [1.82, 2.24) is 15.1 Å². The van der Waals surface area contributed by atoms with Crippen molar-refractivity contribution in [3.05, 3.63) is 0 Å². The van der Waals surface area contributed by atoms with E-state index in [1.165, 1.54) is 25.7 Å². The molecule has 2 rings (SSSR count). The lowest BCUT2D eigenvalue weighted by molar-refractivity contribution is -0.162. The summed E-state index contributed by atoms with van der Waals surface area (Å²) in [5.41, 5.74) is -0.929. The molecule has 0 spiro atoms. The number of nitrogens with zero attached hydrogens (tertiary/aromatic N) is 2. The van der Waals surface area contributed by atoms with Crippen LogP contribution >= 0.6 is 0 Å². The number of rotatable bonds is 3. The van der Waals surface area contributed by atoms with E-state index in [1.807, 2.05) is 0 Å². The first-order valence-electron chi connectivity index (χ1n) is 7.91. The zero-order valence-corrected chi connectivity index (χ0v) is 13.2. The number of ether oxygens (including phenoxy) is 1. The summed E-state index contributed by atoms with van der Waals surface area (Å²) in [6.45, 7) is 5.53. The van der Waals surface area contributed by atoms with Gasteiger partial charge in [0.05, 0.1) is 19.7 Å². The molecule has 1 N–H and O–H groups in total. The first-order chi connectivity index (χ1) is 10.0. The summed E-state index contributed by atoms with van der Waals surface area (Å²) in [6, 6.07) is 0. The second-order valence-electron chi connectivity index (χ2n) is 6.16. The van der Waals surface area contributed by atoms with E-state index in [9.17, 15) is 9.59 Å². The number of likely N-dealkylation sites (N-methyl/N-ethyl adjacent to an activating group) is 1. The maximum atomic E-state index is 12.5. The molecule has 0 aliphatic carbocycles. The summed E-state index contributed by atoms with van der Waals surface area (Å²) in [6.07, 6.45) is 4.87. The molecule has 120 valence electrons. The molecular weight excluding hydrogens is 270 g/mol. The lowest BCUT2D eigenvalue weighted by atomic mass is 10.0. The molecule has 1 atom stereocenters. The van der Waals surface area contributed by atoms with Crippen LogP contribution in [0.4, 0.5) is 0 Å². The molecule has 2 amide bonds. The highest BCUT2D eigenvalue weighted by Crippen LogP contribution is 2.18. The summed E-state index contributed by atoms with van der Waals surface area (Å²) in [7, 11) is 1.59. The number of nitrogens with one attached hydrogen (secondary N) is 1. The van der Waals surface area contributed by atoms with E-state index in [2.05, 4.69) is 10.2 Å². The third kappa shape index (κ3) is 4.17. The maximum absolute atomic E-state index is 12.5. The number of carbonyl (C=O) groups is 2. The fraction of sp³-hybridized carbons (Fsp3) is 0.867. The number of morpholine rings is 1. The van der Waals surface area contributed by atoms with Gasteiger partial charge in [-0.05, 0) is 32.9 Å². The summed E-state index contributed by atoms with van der Waals surface area (Å²) in [5.74, 6) is -0.0647. The fourth-order valence-electron chi connectivity index (χ4n) is 3.07. The van der Waals surface area contributed by atoms with E-state index < -0.39 is 5.60 Å². The Kier molecular flexibility index (Phi) is 5.58. The number of hydrogen-bond acceptors (Lipinski definition) is 4. The Hall–Kier alpha value is -1.14. The van der Waals surface area contributed by atoms with Crippen LogP contribution in [0, 0.1) is 0 Å². The topological polar surface area (TPSA) is 61.9 Å². The van der Waals surface area contributed by atoms with Crippen molar-refractivity contribution in [2.75, 3.05) is 46.4 Å². The molecular formula is C15H27N3O3. The Labute approximate surface area is 126 Å². The molecule has 2 heterocycles. The second kappa shape index (κ2) is 7.22. The summed E-state index contributed by atoms with van der Waals surface area (Å²) in [4.78, 5) is 28.4. The van der Waals surface area contributed by atoms with Crippen molar-refractivity contribution in [2.45, 2.75) is 38.2 Å². The Balaban J connectivity index is 1.91. The van der Waals surface area contributed by atoms with Gasteiger partial charge in [-0.2, -0.15) is 0 Å². The van der Waals surface area contributed by atoms with Crippen LogP contribution in [0.15, 0.2) is 0 Å². The molecule has 0 aromatic rings. The van der Waals surface area contributed by atoms with Crippen LogP contribution in [0.2, 0.25) is 0 Å². The smallest absolute Gasteiger partial charge is 0.253 e. The highest BCUT2D eigenvalue weighted by Gasteiger charge is 2.40. The van der Waals surface area contributed by atoms with Crippen molar-refractivity contribution < 1.29 is 14.3 Å². The molecule has 0 bridgehead atoms. The van der Waals surface area contributed by atoms with Gasteiger partial charge in [0, 0.05) is 13.6 Å². The van der Waals surface area contributed by atoms with Crippen LogP contribution in [0.5, 0.6) is 0 Å². The standard InChI is InChI=1S/C15H27N3O3/c1-15(14(20)16-2)12-18(9-10-21-15)13(19)11-17-7-5-3-4-6-8-17/h3-12H2,1-2H3,(H,16,20). The van der Waals surface area contributed by atoms with E-state index in [4.69, 9.17) is 4.74 Å². The highest BCUT2D eigenvalue weighted by atomic mass is 16.5. The van der Waals surface area contributed by atoms with Gasteiger partial charge >= 0.3 is 0 Å². The zero-order valence-electron chi connectivity index (χ0n) is 13.2. The van der Waals surface area contributed by atoms with Crippen LogP contribution < -0.4 is 5.32 Å². The summed E-state index contributed by atoms with van der Waals surface area (Å²) < 4.78 is 5.59. The minimum absolute atomic E-state index is 0.107. The Morgan fingerprint density at radius 3 is 2.43 bits per heavy atom. The van der Waals surface area contributed by atoms with Gasteiger partial charge in [0.1, 0.15) is 0 Å². The molecule has 1 unspecified atom stereocenters. The number of hydrogen-bond donors (Lipinski definition) is 1. The predicted octanol–water partition coefficient (Wildman–Crippen LogP) is 0.226. The minimum atomic E-state index is -0.929. The first-order valence-corrected chi connectivity index (χ1v) is 7.91. The van der Waals surface area contributed by atoms with Gasteiger partial charge in [-0.3, -0.25) is 14.5 Å². The van der Waals surface area contributed by atoms with Crippen molar-refractivity contribution >= 4 is 11.8 Å². The van der Waals surface area contributed by atoms with E-state index in [0.29, 0.717) is 26.2 Å². The Bertz CT molecular complexity index is 380. The predicted molar refractivity (Wildman–Crippen MR) is 79.9 cm³/mol. The Morgan fingerprint density at radius 1 is 1.14 bits per heavy atom. The van der Waals surface area contributed by atoms with Crippen LogP contribution in [0.3, 0.4) is 0 Å². The van der Waals surface area contributed by atoms with Gasteiger partial charge in [0.25, 0.3) is 5.91 Å². The van der Waals surface area contributed by atoms with Gasteiger partial charge in [-0.25, -0.2) is 0 Å². The van der Waals surface area contributed by atoms with E-state index in [1.54, 1.807) is 18.9 Å². The first kappa shape index (κ1) is 16.2. The van der Waals surface area contributed by atoms with E-state index >= 15 is 0 Å². The second-order valence-corrected chi connectivity index (χ2v) is 6.16. The van der Waals surface area contributed by atoms with E-state index in [0.717, 1.165) is 13.1 Å². The molecule has 21 heavy (non-hydrogen) atoms. The highest BCUT2D eigenvalue weighted by molar-refractivity contribution is 5.86. The molecule has 0 radical (unpaired) electrons. The van der Waals surface area contributed by atoms with Crippen molar-refractivity contribution in [2.24, 2.45) is 0 Å². The largest absolute Gasteiger partial charge is 0.362 e. The fourth-order valence-corrected chi connectivity index (χ4v) is 3.07. The number of carbonyl (C=O) groups excluding carboxylic acids is 2. The average Bonchev–Trinajstić information content (AvgIpc) is 2.75. The normalized spacial score (nSPS) is 28.0. The molecule has 0 aromatic carbocycles. The number of likely N-dealkylation sites (tertiary alicyclic amines) is 1. The quantitative estimate of drug-likeness (QED) is 0.810. The summed E-state index contributed by atoms with van der Waals surface area (Å²) >= 11 is 0. The van der Waals surface area contributed by atoms with E-state index in [-0.39, 0.29) is 11.8 Å². The van der Waals surface area contributed by atoms with Gasteiger partial charge in [0.15, 0.2) is 5.60 Å². The molecule has 2 aliphatic rings. The molecule has 6 heteroatoms. The van der Waals surface area contributed by atoms with Crippen LogP contribution in [-0.2, 0) is 14.3 Å². The maximum Gasteiger partial charge on any atom is 0.253 e. The lowest BCUT2D eigenvalue weighted by Gasteiger charge is -2.39. The third-order valence-corrected chi connectivity index (χ3v) is 4.39. The van der Waals surface area contributed by atoms with Crippen molar-refractivity contribution in [3.63, 3.8) is 0 Å². The molecule has 2 saturated heterocycles. The summed E-state index contributed by atoms with van der Waals surface area (Å²) in [5, 5.41) is 2.61.